The summed E-state index contributed by atoms with van der Waals surface area (Å²) in [4.78, 5) is 25.7. The molecular weight excluding hydrogens is 546 g/mol. The van der Waals surface area contributed by atoms with E-state index in [4.69, 9.17) is 4.74 Å². The predicted molar refractivity (Wildman–Crippen MR) is 177 cm³/mol. The molecule has 0 aliphatic heterocycles. The fourth-order valence-electron chi connectivity index (χ4n) is 10.4. The van der Waals surface area contributed by atoms with Crippen LogP contribution in [0.3, 0.4) is 0 Å². The molecule has 4 aliphatic rings. The van der Waals surface area contributed by atoms with Gasteiger partial charge in [-0.2, -0.15) is 0 Å². The lowest BCUT2D eigenvalue weighted by molar-refractivity contribution is -0.155. The molecule has 0 bridgehead atoms. The molecule has 3 saturated carbocycles. The maximum Gasteiger partial charge on any atom is 0.329 e. The molecule has 5 rings (SSSR count). The summed E-state index contributed by atoms with van der Waals surface area (Å²) >= 11 is 0. The van der Waals surface area contributed by atoms with Crippen LogP contribution >= 0.6 is 0 Å². The van der Waals surface area contributed by atoms with Crippen molar-refractivity contribution >= 4 is 11.9 Å². The van der Waals surface area contributed by atoms with Crippen molar-refractivity contribution in [3.63, 3.8) is 0 Å². The number of hydrogen-bond acceptors (Lipinski definition) is 4. The van der Waals surface area contributed by atoms with Gasteiger partial charge < -0.3 is 15.2 Å². The molecule has 1 aromatic carbocycles. The van der Waals surface area contributed by atoms with E-state index in [-0.39, 0.29) is 29.1 Å². The van der Waals surface area contributed by atoms with Crippen LogP contribution in [0.25, 0.3) is 0 Å². The average molecular weight is 606 g/mol. The monoisotopic (exact) mass is 605 g/mol. The topological polar surface area (TPSA) is 75.6 Å². The number of rotatable bonds is 11. The van der Waals surface area contributed by atoms with Crippen molar-refractivity contribution in [2.75, 3.05) is 0 Å². The molecule has 2 N–H and O–H groups in total. The van der Waals surface area contributed by atoms with Crippen molar-refractivity contribution in [1.29, 1.82) is 0 Å². The van der Waals surface area contributed by atoms with Gasteiger partial charge in [0.05, 0.1) is 0 Å². The van der Waals surface area contributed by atoms with E-state index in [9.17, 15) is 14.7 Å². The number of amides is 1. The number of ether oxygens (including phenoxy) is 1. The van der Waals surface area contributed by atoms with Crippen LogP contribution < -0.4 is 5.32 Å². The number of nitrogens with one attached hydrogen (secondary N) is 1. The van der Waals surface area contributed by atoms with E-state index in [1.165, 1.54) is 56.9 Å². The first kappa shape index (κ1) is 33.1. The molecule has 0 radical (unpaired) electrons. The Morgan fingerprint density at radius 1 is 1.00 bits per heavy atom. The zero-order valence-corrected chi connectivity index (χ0v) is 28.4. The standard InChI is InChI=1S/C39H59NO4/c1-7-36(42)40-35(23-27-11-14-29(41)15-12-27)37(43)44-30-19-21-38(5)28(24-30)13-16-31-33-18-17-32(26(4)10-8-9-25(2)3)39(33,6)22-20-34(31)38/h11-15,25-26,30-35,41H,7-10,16-24H2,1-6H3,(H,40,42)/t26?,30-,31?,32+,33?,34?,35?,38-,39+/m0/s1. The molecule has 1 amide bonds. The normalized spacial score (nSPS) is 34.2. The van der Waals surface area contributed by atoms with E-state index in [1.54, 1.807) is 31.2 Å². The third kappa shape index (κ3) is 6.77. The number of fused-ring (bicyclic) bond motifs is 5. The van der Waals surface area contributed by atoms with Crippen LogP contribution in [0.1, 0.15) is 124 Å². The summed E-state index contributed by atoms with van der Waals surface area (Å²) in [5.74, 6) is 4.54. The van der Waals surface area contributed by atoms with E-state index in [0.29, 0.717) is 18.3 Å². The Balaban J connectivity index is 1.23. The van der Waals surface area contributed by atoms with Crippen molar-refractivity contribution in [2.45, 2.75) is 137 Å². The van der Waals surface area contributed by atoms with Gasteiger partial charge in [-0.05, 0) is 109 Å². The lowest BCUT2D eigenvalue weighted by atomic mass is 9.47. The van der Waals surface area contributed by atoms with Gasteiger partial charge >= 0.3 is 5.97 Å². The predicted octanol–water partition coefficient (Wildman–Crippen LogP) is 8.78. The SMILES string of the molecule is CCC(=O)NC(Cc1ccc(O)cc1)C(=O)O[C@H]1CC[C@@]2(C)C(=CCC3C2CC[C@@]2(C)C3CC[C@@H]2C(C)CCCC(C)C)C1. The maximum atomic E-state index is 13.4. The number of phenols is 1. The third-order valence-electron chi connectivity index (χ3n) is 12.9. The Hall–Kier alpha value is -2.30. The Labute approximate surface area is 267 Å². The first-order valence-corrected chi connectivity index (χ1v) is 17.9. The second-order valence-electron chi connectivity index (χ2n) is 15.9. The van der Waals surface area contributed by atoms with Gasteiger partial charge in [-0.25, -0.2) is 4.79 Å². The summed E-state index contributed by atoms with van der Waals surface area (Å²) in [5, 5.41) is 12.5. The zero-order chi connectivity index (χ0) is 31.6. The maximum absolute atomic E-state index is 13.4. The fraction of sp³-hybridized carbons (Fsp3) is 0.744. The molecule has 3 fully saturated rings. The molecule has 5 heteroatoms. The van der Waals surface area contributed by atoms with Crippen molar-refractivity contribution in [2.24, 2.45) is 46.3 Å². The van der Waals surface area contributed by atoms with Gasteiger partial charge in [0, 0.05) is 19.3 Å². The smallest absolute Gasteiger partial charge is 0.329 e. The second kappa shape index (κ2) is 13.6. The molecule has 0 spiro atoms. The molecular formula is C39H59NO4. The molecule has 9 atom stereocenters. The number of phenolic OH excluding ortho intramolecular Hbond substituents is 1. The van der Waals surface area contributed by atoms with Crippen LogP contribution in [0.5, 0.6) is 5.75 Å². The number of aromatic hydroxyl groups is 1. The Bertz CT molecular complexity index is 1190. The lowest BCUT2D eigenvalue weighted by Crippen LogP contribution is -2.51. The lowest BCUT2D eigenvalue weighted by Gasteiger charge is -2.58. The number of hydrogen-bond donors (Lipinski definition) is 2. The van der Waals surface area contributed by atoms with Crippen LogP contribution in [-0.2, 0) is 20.7 Å². The first-order chi connectivity index (χ1) is 20.9. The summed E-state index contributed by atoms with van der Waals surface area (Å²) in [6, 6.07) is 6.07. The van der Waals surface area contributed by atoms with Gasteiger partial charge in [0.2, 0.25) is 5.91 Å². The van der Waals surface area contributed by atoms with Crippen molar-refractivity contribution < 1.29 is 19.4 Å². The van der Waals surface area contributed by atoms with Crippen molar-refractivity contribution in [1.82, 2.24) is 5.32 Å². The number of carbonyl (C=O) groups excluding carboxylic acids is 2. The van der Waals surface area contributed by atoms with Gasteiger partial charge in [0.25, 0.3) is 0 Å². The number of benzene rings is 1. The Morgan fingerprint density at radius 3 is 2.45 bits per heavy atom. The van der Waals surface area contributed by atoms with Gasteiger partial charge in [0.15, 0.2) is 0 Å². The minimum Gasteiger partial charge on any atom is -0.508 e. The highest BCUT2D eigenvalue weighted by Crippen LogP contribution is 2.67. The average Bonchev–Trinajstić information content (AvgIpc) is 3.35. The fourth-order valence-corrected chi connectivity index (χ4v) is 10.4. The largest absolute Gasteiger partial charge is 0.508 e. The van der Waals surface area contributed by atoms with Gasteiger partial charge in [-0.1, -0.05) is 84.6 Å². The Kier molecular flexibility index (Phi) is 10.2. The summed E-state index contributed by atoms with van der Waals surface area (Å²) in [6.07, 6.45) is 16.7. The minimum absolute atomic E-state index is 0.143. The van der Waals surface area contributed by atoms with E-state index < -0.39 is 6.04 Å². The highest BCUT2D eigenvalue weighted by atomic mass is 16.5. The van der Waals surface area contributed by atoms with Crippen LogP contribution in [0.4, 0.5) is 0 Å². The Morgan fingerprint density at radius 2 is 1.75 bits per heavy atom. The summed E-state index contributed by atoms with van der Waals surface area (Å²) < 4.78 is 6.15. The van der Waals surface area contributed by atoms with Crippen LogP contribution in [-0.4, -0.2) is 29.1 Å². The molecule has 244 valence electrons. The van der Waals surface area contributed by atoms with Crippen LogP contribution in [0.2, 0.25) is 0 Å². The quantitative estimate of drug-likeness (QED) is 0.195. The van der Waals surface area contributed by atoms with Crippen LogP contribution in [0, 0.1) is 46.3 Å². The number of allylic oxidation sites excluding steroid dienone is 1. The van der Waals surface area contributed by atoms with E-state index in [0.717, 1.165) is 60.3 Å². The summed E-state index contributed by atoms with van der Waals surface area (Å²) in [5.41, 5.74) is 3.08. The van der Waals surface area contributed by atoms with E-state index in [2.05, 4.69) is 46.0 Å². The molecule has 1 aromatic rings. The number of esters is 1. The van der Waals surface area contributed by atoms with Crippen LogP contribution in [0.15, 0.2) is 35.9 Å². The number of carbonyl (C=O) groups is 2. The van der Waals surface area contributed by atoms with Crippen molar-refractivity contribution in [3.8, 4) is 5.75 Å². The first-order valence-electron chi connectivity index (χ1n) is 17.9. The molecule has 5 nitrogen and oxygen atoms in total. The molecule has 0 saturated heterocycles. The van der Waals surface area contributed by atoms with Gasteiger partial charge in [-0.15, -0.1) is 0 Å². The molecule has 44 heavy (non-hydrogen) atoms. The second-order valence-corrected chi connectivity index (χ2v) is 15.9. The van der Waals surface area contributed by atoms with Gasteiger partial charge in [0.1, 0.15) is 17.9 Å². The summed E-state index contributed by atoms with van der Waals surface area (Å²) in [7, 11) is 0. The van der Waals surface area contributed by atoms with Crippen molar-refractivity contribution in [3.05, 3.63) is 41.5 Å². The van der Waals surface area contributed by atoms with E-state index >= 15 is 0 Å². The molecule has 4 aliphatic carbocycles. The highest BCUT2D eigenvalue weighted by Gasteiger charge is 2.59. The molecule has 0 aromatic heterocycles. The van der Waals surface area contributed by atoms with E-state index in [1.807, 2.05) is 0 Å². The zero-order valence-electron chi connectivity index (χ0n) is 28.4. The molecule has 0 heterocycles. The summed E-state index contributed by atoms with van der Waals surface area (Å²) in [6.45, 7) is 14.2. The molecule has 5 unspecified atom stereocenters. The van der Waals surface area contributed by atoms with Gasteiger partial charge in [-0.3, -0.25) is 4.79 Å². The third-order valence-corrected chi connectivity index (χ3v) is 12.9. The highest BCUT2D eigenvalue weighted by molar-refractivity contribution is 5.84. The minimum atomic E-state index is -0.732.